The topological polar surface area (TPSA) is 113 Å². The Bertz CT molecular complexity index is 494. The molecule has 5 N–H and O–H groups in total. The van der Waals surface area contributed by atoms with Crippen LogP contribution in [0.5, 0.6) is 0 Å². The highest BCUT2D eigenvalue weighted by atomic mass is 16.2. The Morgan fingerprint density at radius 2 is 1.57 bits per heavy atom. The molecule has 0 aromatic rings. The van der Waals surface area contributed by atoms with Crippen molar-refractivity contribution >= 4 is 17.7 Å². The predicted octanol–water partition coefficient (Wildman–Crippen LogP) is 1.66. The maximum atomic E-state index is 12.3. The van der Waals surface area contributed by atoms with Gasteiger partial charge in [0.15, 0.2) is 0 Å². The van der Waals surface area contributed by atoms with Crippen molar-refractivity contribution in [3.05, 3.63) is 0 Å². The second kappa shape index (κ2) is 13.5. The van der Waals surface area contributed by atoms with Gasteiger partial charge in [0.1, 0.15) is 6.04 Å². The summed E-state index contributed by atoms with van der Waals surface area (Å²) >= 11 is 0. The van der Waals surface area contributed by atoms with E-state index >= 15 is 0 Å². The molecule has 7 nitrogen and oxygen atoms in total. The molecule has 0 aliphatic heterocycles. The number of rotatable bonds is 13. The minimum absolute atomic E-state index is 0.129. The third kappa shape index (κ3) is 9.53. The molecule has 0 radical (unpaired) electrons. The molecule has 0 bridgehead atoms. The third-order valence-electron chi connectivity index (χ3n) is 5.39. The summed E-state index contributed by atoms with van der Waals surface area (Å²) in [6.45, 7) is 12.7. The van der Waals surface area contributed by atoms with E-state index in [2.05, 4.69) is 50.6 Å². The van der Waals surface area contributed by atoms with Crippen LogP contribution in [0.1, 0.15) is 60.8 Å². The van der Waals surface area contributed by atoms with E-state index in [1.165, 1.54) is 0 Å². The van der Waals surface area contributed by atoms with Crippen LogP contribution in [0.15, 0.2) is 0 Å². The maximum Gasteiger partial charge on any atom is 0.242 e. The molecule has 0 aromatic carbocycles. The zero-order chi connectivity index (χ0) is 21.9. The highest BCUT2D eigenvalue weighted by molar-refractivity contribution is 5.90. The number of nitrogens with two attached hydrogens (primary N) is 1. The SMILES string of the molecule is CCC(CC(NC(=O)CNC(=O)C(C)CC(C)C)C(=O)NC)C(CN)C(C)C. The van der Waals surface area contributed by atoms with Crippen LogP contribution in [0, 0.1) is 29.6 Å². The summed E-state index contributed by atoms with van der Waals surface area (Å²) in [5.41, 5.74) is 5.94. The summed E-state index contributed by atoms with van der Waals surface area (Å²) in [6.07, 6.45) is 2.18. The van der Waals surface area contributed by atoms with Crippen molar-refractivity contribution in [3.8, 4) is 0 Å². The first-order valence-corrected chi connectivity index (χ1v) is 10.6. The average molecular weight is 399 g/mol. The number of carbonyl (C=O) groups excluding carboxylic acids is 3. The van der Waals surface area contributed by atoms with Crippen LogP contribution in [0.25, 0.3) is 0 Å². The first-order valence-electron chi connectivity index (χ1n) is 10.6. The lowest BCUT2D eigenvalue weighted by Gasteiger charge is -2.31. The largest absolute Gasteiger partial charge is 0.357 e. The van der Waals surface area contributed by atoms with E-state index in [9.17, 15) is 14.4 Å². The lowest BCUT2D eigenvalue weighted by atomic mass is 9.78. The highest BCUT2D eigenvalue weighted by Gasteiger charge is 2.29. The molecule has 7 heteroatoms. The zero-order valence-electron chi connectivity index (χ0n) is 18.8. The van der Waals surface area contributed by atoms with Crippen LogP contribution in [-0.4, -0.2) is 43.9 Å². The summed E-state index contributed by atoms with van der Waals surface area (Å²) in [4.78, 5) is 36.7. The monoisotopic (exact) mass is 398 g/mol. The molecule has 0 spiro atoms. The molecule has 0 fully saturated rings. The molecule has 28 heavy (non-hydrogen) atoms. The lowest BCUT2D eigenvalue weighted by molar-refractivity contribution is -0.131. The fourth-order valence-corrected chi connectivity index (χ4v) is 3.76. The molecule has 164 valence electrons. The Morgan fingerprint density at radius 3 is 2.00 bits per heavy atom. The highest BCUT2D eigenvalue weighted by Crippen LogP contribution is 2.27. The van der Waals surface area contributed by atoms with Crippen molar-refractivity contribution in [1.82, 2.24) is 16.0 Å². The molecule has 0 rings (SSSR count). The molecule has 0 heterocycles. The van der Waals surface area contributed by atoms with Crippen LogP contribution in [0.2, 0.25) is 0 Å². The normalized spacial score (nSPS) is 15.6. The molecule has 0 aliphatic carbocycles. The quantitative estimate of drug-likeness (QED) is 0.378. The van der Waals surface area contributed by atoms with E-state index in [1.807, 2.05) is 6.92 Å². The average Bonchev–Trinajstić information content (AvgIpc) is 2.63. The van der Waals surface area contributed by atoms with Crippen molar-refractivity contribution in [3.63, 3.8) is 0 Å². The van der Waals surface area contributed by atoms with Crippen LogP contribution in [0.4, 0.5) is 0 Å². The summed E-state index contributed by atoms with van der Waals surface area (Å²) < 4.78 is 0. The van der Waals surface area contributed by atoms with Gasteiger partial charge in [0.05, 0.1) is 6.54 Å². The van der Waals surface area contributed by atoms with E-state index in [0.29, 0.717) is 24.8 Å². The van der Waals surface area contributed by atoms with Crippen LogP contribution in [-0.2, 0) is 14.4 Å². The molecule has 3 amide bonds. The van der Waals surface area contributed by atoms with Crippen LogP contribution >= 0.6 is 0 Å². The van der Waals surface area contributed by atoms with Gasteiger partial charge in [-0.2, -0.15) is 0 Å². The molecular formula is C21H42N4O3. The van der Waals surface area contributed by atoms with Gasteiger partial charge in [-0.15, -0.1) is 0 Å². The van der Waals surface area contributed by atoms with Gasteiger partial charge in [0, 0.05) is 13.0 Å². The van der Waals surface area contributed by atoms with Crippen molar-refractivity contribution in [2.75, 3.05) is 20.1 Å². The van der Waals surface area contributed by atoms with Gasteiger partial charge in [0.25, 0.3) is 0 Å². The zero-order valence-corrected chi connectivity index (χ0v) is 18.8. The standard InChI is InChI=1S/C21H42N4O3/c1-8-16(17(11-22)14(4)5)10-18(21(28)23-7)25-19(26)12-24-20(27)15(6)9-13(2)3/h13-18H,8-12,22H2,1-7H3,(H,23,28)(H,24,27)(H,25,26). The Kier molecular flexibility index (Phi) is 12.7. The lowest BCUT2D eigenvalue weighted by Crippen LogP contribution is -2.50. The first kappa shape index (κ1) is 26.4. The van der Waals surface area contributed by atoms with Gasteiger partial charge < -0.3 is 21.7 Å². The fraction of sp³-hybridized carbons (Fsp3) is 0.857. The van der Waals surface area contributed by atoms with E-state index in [4.69, 9.17) is 5.73 Å². The second-order valence-electron chi connectivity index (χ2n) is 8.53. The Morgan fingerprint density at radius 1 is 0.964 bits per heavy atom. The van der Waals surface area contributed by atoms with Gasteiger partial charge in [-0.05, 0) is 43.1 Å². The maximum absolute atomic E-state index is 12.3. The Labute approximate surface area is 171 Å². The van der Waals surface area contributed by atoms with E-state index in [1.54, 1.807) is 7.05 Å². The molecule has 0 aromatic heterocycles. The van der Waals surface area contributed by atoms with Crippen molar-refractivity contribution < 1.29 is 14.4 Å². The predicted molar refractivity (Wildman–Crippen MR) is 113 cm³/mol. The third-order valence-corrected chi connectivity index (χ3v) is 5.39. The van der Waals surface area contributed by atoms with Gasteiger partial charge in [-0.25, -0.2) is 0 Å². The van der Waals surface area contributed by atoms with Crippen LogP contribution < -0.4 is 21.7 Å². The van der Waals surface area contributed by atoms with Crippen LogP contribution in [0.3, 0.4) is 0 Å². The fourth-order valence-electron chi connectivity index (χ4n) is 3.76. The summed E-state index contributed by atoms with van der Waals surface area (Å²) in [5, 5.41) is 8.06. The first-order chi connectivity index (χ1) is 13.1. The minimum atomic E-state index is -0.639. The number of hydrogen-bond donors (Lipinski definition) is 4. The second-order valence-corrected chi connectivity index (χ2v) is 8.53. The Hall–Kier alpha value is -1.63. The van der Waals surface area contributed by atoms with Crippen molar-refractivity contribution in [1.29, 1.82) is 0 Å². The smallest absolute Gasteiger partial charge is 0.242 e. The number of hydrogen-bond acceptors (Lipinski definition) is 4. The van der Waals surface area contributed by atoms with Gasteiger partial charge in [-0.3, -0.25) is 14.4 Å². The number of amides is 3. The van der Waals surface area contributed by atoms with Crippen molar-refractivity contribution in [2.45, 2.75) is 66.8 Å². The number of carbonyl (C=O) groups is 3. The Balaban J connectivity index is 4.89. The van der Waals surface area contributed by atoms with Gasteiger partial charge >= 0.3 is 0 Å². The molecule has 4 atom stereocenters. The van der Waals surface area contributed by atoms with E-state index < -0.39 is 6.04 Å². The molecule has 4 unspecified atom stereocenters. The summed E-state index contributed by atoms with van der Waals surface area (Å²) in [7, 11) is 1.56. The molecule has 0 saturated heterocycles. The number of likely N-dealkylation sites (N-methyl/N-ethyl adjacent to an activating group) is 1. The summed E-state index contributed by atoms with van der Waals surface area (Å²) in [5.74, 6) is 0.442. The van der Waals surface area contributed by atoms with Gasteiger partial charge in [0.2, 0.25) is 17.7 Å². The van der Waals surface area contributed by atoms with Crippen molar-refractivity contribution in [2.24, 2.45) is 35.3 Å². The number of nitrogens with one attached hydrogen (secondary N) is 3. The molecular weight excluding hydrogens is 356 g/mol. The van der Waals surface area contributed by atoms with Gasteiger partial charge in [-0.1, -0.05) is 48.0 Å². The van der Waals surface area contributed by atoms with E-state index in [-0.39, 0.29) is 42.0 Å². The summed E-state index contributed by atoms with van der Waals surface area (Å²) in [6, 6.07) is -0.639. The molecule has 0 saturated carbocycles. The minimum Gasteiger partial charge on any atom is -0.357 e. The molecule has 0 aliphatic rings. The van der Waals surface area contributed by atoms with E-state index in [0.717, 1.165) is 12.8 Å².